The minimum absolute atomic E-state index is 0.305. The number of carboxylic acid groups (broad SMARTS) is 1. The van der Waals surface area contributed by atoms with E-state index in [2.05, 4.69) is 4.98 Å². The maximum atomic E-state index is 12.2. The number of benzene rings is 1. The van der Waals surface area contributed by atoms with E-state index in [4.69, 9.17) is 10.8 Å². The minimum Gasteiger partial charge on any atom is -0.480 e. The van der Waals surface area contributed by atoms with Gasteiger partial charge in [0.2, 0.25) is 5.91 Å². The second kappa shape index (κ2) is 5.43. The molecule has 4 N–H and O–H groups in total. The quantitative estimate of drug-likeness (QED) is 0.721. The first-order valence-corrected chi connectivity index (χ1v) is 5.84. The van der Waals surface area contributed by atoms with Crippen molar-refractivity contribution in [1.82, 2.24) is 9.88 Å². The van der Waals surface area contributed by atoms with Crippen LogP contribution in [-0.4, -0.2) is 45.9 Å². The van der Waals surface area contributed by atoms with Gasteiger partial charge < -0.3 is 20.7 Å². The highest BCUT2D eigenvalue weighted by Crippen LogP contribution is 2.15. The Balaban J connectivity index is 2.29. The van der Waals surface area contributed by atoms with Crippen LogP contribution in [0, 0.1) is 0 Å². The molecule has 1 heterocycles. The number of nitrogens with zero attached hydrogens (tertiary/aromatic N) is 1. The van der Waals surface area contributed by atoms with Crippen LogP contribution in [0.1, 0.15) is 10.4 Å². The molecule has 7 heteroatoms. The van der Waals surface area contributed by atoms with E-state index in [1.165, 1.54) is 0 Å². The SMILES string of the molecule is NC(=O)CN(CC(=O)O)C(=O)c1ccc2[nH]ccc2c1. The van der Waals surface area contributed by atoms with Gasteiger partial charge in [-0.3, -0.25) is 14.4 Å². The molecule has 0 bridgehead atoms. The highest BCUT2D eigenvalue weighted by Gasteiger charge is 2.20. The van der Waals surface area contributed by atoms with Gasteiger partial charge in [0.1, 0.15) is 13.1 Å². The number of aromatic amines is 1. The lowest BCUT2D eigenvalue weighted by Gasteiger charge is -2.18. The van der Waals surface area contributed by atoms with E-state index in [0.29, 0.717) is 5.56 Å². The average Bonchev–Trinajstić information content (AvgIpc) is 2.83. The maximum Gasteiger partial charge on any atom is 0.323 e. The number of fused-ring (bicyclic) bond motifs is 1. The molecule has 1 aromatic carbocycles. The molecule has 2 rings (SSSR count). The summed E-state index contributed by atoms with van der Waals surface area (Å²) in [5.41, 5.74) is 6.20. The van der Waals surface area contributed by atoms with Crippen molar-refractivity contribution in [2.75, 3.05) is 13.1 Å². The number of hydrogen-bond acceptors (Lipinski definition) is 3. The fraction of sp³-hybridized carbons (Fsp3) is 0.154. The number of hydrogen-bond donors (Lipinski definition) is 3. The van der Waals surface area contributed by atoms with Gasteiger partial charge in [0.05, 0.1) is 0 Å². The Labute approximate surface area is 114 Å². The van der Waals surface area contributed by atoms with Crippen LogP contribution < -0.4 is 5.73 Å². The number of amides is 2. The molecule has 20 heavy (non-hydrogen) atoms. The Kier molecular flexibility index (Phi) is 3.69. The van der Waals surface area contributed by atoms with E-state index < -0.39 is 30.9 Å². The summed E-state index contributed by atoms with van der Waals surface area (Å²) in [6.45, 7) is -1.01. The van der Waals surface area contributed by atoms with E-state index in [9.17, 15) is 14.4 Å². The normalized spacial score (nSPS) is 10.4. The molecule has 0 aliphatic heterocycles. The Morgan fingerprint density at radius 2 is 1.95 bits per heavy atom. The van der Waals surface area contributed by atoms with Gasteiger partial charge in [-0.2, -0.15) is 0 Å². The molecule has 0 unspecified atom stereocenters. The summed E-state index contributed by atoms with van der Waals surface area (Å²) in [7, 11) is 0. The van der Waals surface area contributed by atoms with E-state index >= 15 is 0 Å². The van der Waals surface area contributed by atoms with Gasteiger partial charge >= 0.3 is 5.97 Å². The standard InChI is InChI=1S/C13H13N3O4/c14-11(17)6-16(7-12(18)19)13(20)9-1-2-10-8(5-9)3-4-15-10/h1-5,15H,6-7H2,(H2,14,17)(H,18,19). The highest BCUT2D eigenvalue weighted by molar-refractivity contribution is 6.00. The summed E-state index contributed by atoms with van der Waals surface area (Å²) in [5.74, 6) is -2.51. The molecule has 0 saturated heterocycles. The Bertz CT molecular complexity index is 661. The zero-order valence-corrected chi connectivity index (χ0v) is 10.5. The predicted octanol–water partition coefficient (Wildman–Crippen LogP) is 0.180. The molecule has 0 radical (unpaired) electrons. The third kappa shape index (κ3) is 2.94. The lowest BCUT2D eigenvalue weighted by molar-refractivity contribution is -0.138. The van der Waals surface area contributed by atoms with Crippen LogP contribution in [0.2, 0.25) is 0 Å². The summed E-state index contributed by atoms with van der Waals surface area (Å²) in [6, 6.07) is 6.70. The molecule has 7 nitrogen and oxygen atoms in total. The molecular weight excluding hydrogens is 262 g/mol. The van der Waals surface area contributed by atoms with E-state index in [1.54, 1.807) is 30.5 Å². The van der Waals surface area contributed by atoms with Crippen molar-refractivity contribution in [2.24, 2.45) is 5.73 Å². The van der Waals surface area contributed by atoms with Gasteiger partial charge in [-0.1, -0.05) is 0 Å². The van der Waals surface area contributed by atoms with Crippen molar-refractivity contribution in [3.63, 3.8) is 0 Å². The monoisotopic (exact) mass is 275 g/mol. The Hall–Kier alpha value is -2.83. The van der Waals surface area contributed by atoms with Crippen LogP contribution in [0.5, 0.6) is 0 Å². The highest BCUT2D eigenvalue weighted by atomic mass is 16.4. The largest absolute Gasteiger partial charge is 0.480 e. The van der Waals surface area contributed by atoms with E-state index in [-0.39, 0.29) is 0 Å². The average molecular weight is 275 g/mol. The molecule has 0 atom stereocenters. The summed E-state index contributed by atoms with van der Waals surface area (Å²) in [6.07, 6.45) is 1.73. The van der Waals surface area contributed by atoms with Crippen LogP contribution in [-0.2, 0) is 9.59 Å². The smallest absolute Gasteiger partial charge is 0.323 e. The maximum absolute atomic E-state index is 12.2. The zero-order chi connectivity index (χ0) is 14.7. The Morgan fingerprint density at radius 1 is 1.20 bits per heavy atom. The van der Waals surface area contributed by atoms with E-state index in [0.717, 1.165) is 15.8 Å². The van der Waals surface area contributed by atoms with Crippen molar-refractivity contribution in [1.29, 1.82) is 0 Å². The summed E-state index contributed by atoms with van der Waals surface area (Å²) < 4.78 is 0. The van der Waals surface area contributed by atoms with Gasteiger partial charge in [0, 0.05) is 22.7 Å². The second-order valence-electron chi connectivity index (χ2n) is 4.30. The molecule has 0 saturated carbocycles. The van der Waals surface area contributed by atoms with Crippen LogP contribution >= 0.6 is 0 Å². The first kappa shape index (κ1) is 13.6. The Morgan fingerprint density at radius 3 is 2.60 bits per heavy atom. The molecule has 104 valence electrons. The first-order valence-electron chi connectivity index (χ1n) is 5.84. The number of rotatable bonds is 5. The summed E-state index contributed by atoms with van der Waals surface area (Å²) in [4.78, 5) is 37.8. The van der Waals surface area contributed by atoms with Gasteiger partial charge in [-0.15, -0.1) is 0 Å². The number of carbonyl (C=O) groups excluding carboxylic acids is 2. The minimum atomic E-state index is -1.21. The molecular formula is C13H13N3O4. The van der Waals surface area contributed by atoms with Gasteiger partial charge in [0.15, 0.2) is 0 Å². The van der Waals surface area contributed by atoms with Crippen LogP contribution in [0.4, 0.5) is 0 Å². The number of nitrogens with two attached hydrogens (primary N) is 1. The molecule has 0 aliphatic rings. The van der Waals surface area contributed by atoms with Crippen LogP contribution in [0.3, 0.4) is 0 Å². The zero-order valence-electron chi connectivity index (χ0n) is 10.5. The topological polar surface area (TPSA) is 116 Å². The van der Waals surface area contributed by atoms with Gasteiger partial charge in [0.25, 0.3) is 5.91 Å². The van der Waals surface area contributed by atoms with Crippen molar-refractivity contribution >= 4 is 28.7 Å². The second-order valence-corrected chi connectivity index (χ2v) is 4.30. The molecule has 1 aromatic heterocycles. The molecule has 0 spiro atoms. The molecule has 0 aliphatic carbocycles. The first-order chi connectivity index (χ1) is 9.47. The number of nitrogens with one attached hydrogen (secondary N) is 1. The summed E-state index contributed by atoms with van der Waals surface area (Å²) in [5, 5.41) is 9.60. The van der Waals surface area contributed by atoms with Crippen molar-refractivity contribution in [2.45, 2.75) is 0 Å². The predicted molar refractivity (Wildman–Crippen MR) is 71.0 cm³/mol. The fourth-order valence-electron chi connectivity index (χ4n) is 1.92. The van der Waals surface area contributed by atoms with Crippen molar-refractivity contribution in [3.8, 4) is 0 Å². The number of carboxylic acids is 1. The van der Waals surface area contributed by atoms with Crippen molar-refractivity contribution < 1.29 is 19.5 Å². The third-order valence-corrected chi connectivity index (χ3v) is 2.76. The van der Waals surface area contributed by atoms with Gasteiger partial charge in [-0.25, -0.2) is 0 Å². The number of H-pyrrole nitrogens is 1. The lowest BCUT2D eigenvalue weighted by atomic mass is 10.1. The van der Waals surface area contributed by atoms with Gasteiger partial charge in [-0.05, 0) is 24.3 Å². The molecule has 2 aromatic rings. The number of aliphatic carboxylic acids is 1. The number of primary amides is 1. The van der Waals surface area contributed by atoms with Crippen LogP contribution in [0.25, 0.3) is 10.9 Å². The third-order valence-electron chi connectivity index (χ3n) is 2.76. The van der Waals surface area contributed by atoms with Crippen LogP contribution in [0.15, 0.2) is 30.5 Å². The fourth-order valence-corrected chi connectivity index (χ4v) is 1.92. The summed E-state index contributed by atoms with van der Waals surface area (Å²) >= 11 is 0. The molecule has 2 amide bonds. The number of carbonyl (C=O) groups is 3. The lowest BCUT2D eigenvalue weighted by Crippen LogP contribution is -2.41. The molecule has 0 fully saturated rings. The van der Waals surface area contributed by atoms with E-state index in [1.807, 2.05) is 0 Å². The number of aromatic nitrogens is 1. The van der Waals surface area contributed by atoms with Crippen molar-refractivity contribution in [3.05, 3.63) is 36.0 Å².